The van der Waals surface area contributed by atoms with Crippen molar-refractivity contribution in [3.05, 3.63) is 42.0 Å². The minimum absolute atomic E-state index is 0.000153. The highest BCUT2D eigenvalue weighted by Crippen LogP contribution is 2.38. The smallest absolute Gasteiger partial charge is 0.248 e. The van der Waals surface area contributed by atoms with E-state index in [1.54, 1.807) is 23.1 Å². The van der Waals surface area contributed by atoms with Crippen molar-refractivity contribution in [3.8, 4) is 5.75 Å². The van der Waals surface area contributed by atoms with Gasteiger partial charge in [-0.25, -0.2) is 13.8 Å². The van der Waals surface area contributed by atoms with Crippen LogP contribution in [0.1, 0.15) is 61.1 Å². The first-order valence-corrected chi connectivity index (χ1v) is 11.1. The van der Waals surface area contributed by atoms with Gasteiger partial charge in [0.25, 0.3) is 0 Å². The van der Waals surface area contributed by atoms with Crippen LogP contribution < -0.4 is 4.74 Å². The Bertz CT molecular complexity index is 925. The summed E-state index contributed by atoms with van der Waals surface area (Å²) in [4.78, 5) is 31.5. The Kier molecular flexibility index (Phi) is 6.81. The number of nitrogens with zero attached hydrogens (tertiary/aromatic N) is 3. The number of ketones is 1. The first-order valence-electron chi connectivity index (χ1n) is 11.1. The van der Waals surface area contributed by atoms with Gasteiger partial charge in [-0.1, -0.05) is 5.16 Å². The number of alkyl halides is 2. The molecule has 0 radical (unpaired) electrons. The number of rotatable bonds is 8. The van der Waals surface area contributed by atoms with E-state index in [9.17, 15) is 18.4 Å². The molecular weight excluding hydrogens is 420 g/mol. The number of aromatic nitrogens is 2. The zero-order valence-corrected chi connectivity index (χ0v) is 17.8. The van der Waals surface area contributed by atoms with Crippen molar-refractivity contribution in [2.24, 2.45) is 5.92 Å². The molecule has 0 spiro atoms. The van der Waals surface area contributed by atoms with E-state index in [0.29, 0.717) is 37.3 Å². The highest BCUT2D eigenvalue weighted by atomic mass is 19.3. The molecule has 2 aliphatic rings. The fourth-order valence-electron chi connectivity index (χ4n) is 4.48. The molecule has 2 aromatic heterocycles. The molecule has 1 saturated heterocycles. The number of pyridine rings is 1. The van der Waals surface area contributed by atoms with Gasteiger partial charge in [-0.05, 0) is 43.7 Å². The number of carbonyl (C=O) groups excluding carboxylic acids is 2. The van der Waals surface area contributed by atoms with Gasteiger partial charge in [-0.2, -0.15) is 0 Å². The first-order chi connectivity index (χ1) is 15.4. The van der Waals surface area contributed by atoms with Crippen LogP contribution in [0.15, 0.2) is 35.2 Å². The molecule has 2 fully saturated rings. The molecule has 9 heteroatoms. The molecule has 0 N–H and O–H groups in total. The van der Waals surface area contributed by atoms with Gasteiger partial charge in [0.15, 0.2) is 5.78 Å². The second-order valence-electron chi connectivity index (χ2n) is 8.64. The lowest BCUT2D eigenvalue weighted by atomic mass is 9.84. The van der Waals surface area contributed by atoms with Gasteiger partial charge in [-0.3, -0.25) is 9.59 Å². The normalized spacial score (nSPS) is 20.9. The Balaban J connectivity index is 1.33. The van der Waals surface area contributed by atoms with Crippen molar-refractivity contribution in [3.63, 3.8) is 0 Å². The van der Waals surface area contributed by atoms with Crippen LogP contribution in [-0.4, -0.2) is 51.8 Å². The van der Waals surface area contributed by atoms with E-state index in [2.05, 4.69) is 10.1 Å². The van der Waals surface area contributed by atoms with Gasteiger partial charge in [0, 0.05) is 38.1 Å². The summed E-state index contributed by atoms with van der Waals surface area (Å²) >= 11 is 0. The lowest BCUT2D eigenvalue weighted by molar-refractivity contribution is -0.134. The van der Waals surface area contributed by atoms with Crippen LogP contribution in [0.2, 0.25) is 0 Å². The molecule has 172 valence electrons. The van der Waals surface area contributed by atoms with Crippen molar-refractivity contribution in [2.45, 2.75) is 63.3 Å². The van der Waals surface area contributed by atoms with E-state index < -0.39 is 5.92 Å². The van der Waals surface area contributed by atoms with Crippen molar-refractivity contribution >= 4 is 11.7 Å². The molecule has 0 aromatic carbocycles. The average Bonchev–Trinajstić information content (AvgIpc) is 3.46. The molecule has 0 unspecified atom stereocenters. The van der Waals surface area contributed by atoms with E-state index in [1.165, 1.54) is 12.5 Å². The number of carbonyl (C=O) groups is 2. The highest BCUT2D eigenvalue weighted by Gasteiger charge is 2.37. The Morgan fingerprint density at radius 3 is 2.78 bits per heavy atom. The predicted molar refractivity (Wildman–Crippen MR) is 111 cm³/mol. The lowest BCUT2D eigenvalue weighted by Gasteiger charge is -2.30. The second kappa shape index (κ2) is 9.75. The summed E-state index contributed by atoms with van der Waals surface area (Å²) in [6.07, 6.45) is 5.48. The van der Waals surface area contributed by atoms with Crippen molar-refractivity contribution < 1.29 is 27.6 Å². The Hall–Kier alpha value is -2.84. The predicted octanol–water partition coefficient (Wildman–Crippen LogP) is 4.08. The van der Waals surface area contributed by atoms with Crippen LogP contribution in [0.5, 0.6) is 5.75 Å². The SMILES string of the molecule is O=C(Cc1ccon1)c1ncccc1OC[C@H]1CCCN1C(=O)CC1CCC(F)(F)CC1. The Morgan fingerprint density at radius 1 is 1.22 bits per heavy atom. The summed E-state index contributed by atoms with van der Waals surface area (Å²) < 4.78 is 37.5. The van der Waals surface area contributed by atoms with E-state index in [-0.39, 0.29) is 55.2 Å². The molecule has 1 aliphatic carbocycles. The zero-order valence-electron chi connectivity index (χ0n) is 17.8. The molecule has 1 saturated carbocycles. The summed E-state index contributed by atoms with van der Waals surface area (Å²) in [5.41, 5.74) is 0.731. The molecule has 4 rings (SSSR count). The molecule has 0 bridgehead atoms. The van der Waals surface area contributed by atoms with Crippen LogP contribution in [0, 0.1) is 5.92 Å². The van der Waals surface area contributed by atoms with Crippen LogP contribution in [0.4, 0.5) is 8.78 Å². The standard InChI is InChI=1S/C23H27F2N3O4/c24-23(25)8-5-16(6-9-23)13-21(30)28-11-2-3-18(28)15-31-20-4-1-10-26-22(20)19(29)14-17-7-12-32-27-17/h1,4,7,10,12,16,18H,2-3,5-6,8-9,11,13-15H2/t18-/m1/s1. The second-order valence-corrected chi connectivity index (χ2v) is 8.64. The monoisotopic (exact) mass is 447 g/mol. The third-order valence-electron chi connectivity index (χ3n) is 6.30. The molecule has 7 nitrogen and oxygen atoms in total. The number of ether oxygens (including phenoxy) is 1. The maximum atomic E-state index is 13.4. The van der Waals surface area contributed by atoms with Crippen molar-refractivity contribution in [1.82, 2.24) is 15.0 Å². The minimum atomic E-state index is -2.59. The van der Waals surface area contributed by atoms with Crippen LogP contribution in [-0.2, 0) is 11.2 Å². The summed E-state index contributed by atoms with van der Waals surface area (Å²) in [5, 5.41) is 3.76. The van der Waals surface area contributed by atoms with Crippen molar-refractivity contribution in [2.75, 3.05) is 13.2 Å². The largest absolute Gasteiger partial charge is 0.489 e. The van der Waals surface area contributed by atoms with Crippen molar-refractivity contribution in [1.29, 1.82) is 0 Å². The maximum Gasteiger partial charge on any atom is 0.248 e. The lowest BCUT2D eigenvalue weighted by Crippen LogP contribution is -2.40. The van der Waals surface area contributed by atoms with Gasteiger partial charge in [0.1, 0.15) is 24.3 Å². The third kappa shape index (κ3) is 5.49. The molecule has 1 amide bonds. The molecule has 3 heterocycles. The molecule has 2 aromatic rings. The number of hydrogen-bond acceptors (Lipinski definition) is 6. The van der Waals surface area contributed by atoms with Gasteiger partial charge >= 0.3 is 0 Å². The average molecular weight is 447 g/mol. The van der Waals surface area contributed by atoms with E-state index >= 15 is 0 Å². The number of likely N-dealkylation sites (tertiary alicyclic amines) is 1. The van der Waals surface area contributed by atoms with E-state index in [0.717, 1.165) is 12.8 Å². The van der Waals surface area contributed by atoms with Gasteiger partial charge < -0.3 is 14.2 Å². The molecule has 32 heavy (non-hydrogen) atoms. The number of amides is 1. The highest BCUT2D eigenvalue weighted by molar-refractivity contribution is 5.97. The third-order valence-corrected chi connectivity index (χ3v) is 6.30. The Labute approximate surface area is 185 Å². The summed E-state index contributed by atoms with van der Waals surface area (Å²) in [6.45, 7) is 0.894. The number of Topliss-reactive ketones (excluding diaryl/α,β-unsaturated/α-hetero) is 1. The van der Waals surface area contributed by atoms with Gasteiger partial charge in [0.2, 0.25) is 11.8 Å². The minimum Gasteiger partial charge on any atom is -0.489 e. The molecular formula is C23H27F2N3O4. The maximum absolute atomic E-state index is 13.4. The number of halogens is 2. The number of hydrogen-bond donors (Lipinski definition) is 0. The summed E-state index contributed by atoms with van der Waals surface area (Å²) in [5.74, 6) is -2.43. The quantitative estimate of drug-likeness (QED) is 0.567. The fourth-order valence-corrected chi connectivity index (χ4v) is 4.48. The van der Waals surface area contributed by atoms with Crippen LogP contribution in [0.3, 0.4) is 0 Å². The first kappa shape index (κ1) is 22.4. The molecule has 1 atom stereocenters. The molecule has 1 aliphatic heterocycles. The van der Waals surface area contributed by atoms with Gasteiger partial charge in [0.05, 0.1) is 18.2 Å². The van der Waals surface area contributed by atoms with E-state index in [1.807, 2.05) is 0 Å². The van der Waals surface area contributed by atoms with Crippen LogP contribution in [0.25, 0.3) is 0 Å². The van der Waals surface area contributed by atoms with Crippen LogP contribution >= 0.6 is 0 Å². The fraction of sp³-hybridized carbons (Fsp3) is 0.565. The van der Waals surface area contributed by atoms with E-state index in [4.69, 9.17) is 9.26 Å². The zero-order chi connectivity index (χ0) is 22.6. The summed E-state index contributed by atoms with van der Waals surface area (Å²) in [7, 11) is 0. The topological polar surface area (TPSA) is 85.5 Å². The van der Waals surface area contributed by atoms with Gasteiger partial charge in [-0.15, -0.1) is 0 Å². The summed E-state index contributed by atoms with van der Waals surface area (Å²) in [6, 6.07) is 4.90. The Morgan fingerprint density at radius 2 is 2.03 bits per heavy atom.